The van der Waals surface area contributed by atoms with Crippen LogP contribution in [-0.4, -0.2) is 36.9 Å². The largest absolute Gasteiger partial charge is 0.394 e. The Kier molecular flexibility index (Phi) is 4.83. The van der Waals surface area contributed by atoms with E-state index in [0.29, 0.717) is 5.92 Å². The average Bonchev–Trinajstić information content (AvgIpc) is 3.29. The molecule has 0 heterocycles. The van der Waals surface area contributed by atoms with Gasteiger partial charge in [-0.25, -0.2) is 0 Å². The van der Waals surface area contributed by atoms with Crippen molar-refractivity contribution in [1.82, 2.24) is 5.32 Å². The van der Waals surface area contributed by atoms with Crippen LogP contribution in [0, 0.1) is 5.92 Å². The number of rotatable bonds is 8. The molecule has 1 atom stereocenters. The van der Waals surface area contributed by atoms with E-state index in [2.05, 4.69) is 48.3 Å². The quantitative estimate of drug-likeness (QED) is 0.754. The van der Waals surface area contributed by atoms with E-state index in [-0.39, 0.29) is 12.1 Å². The van der Waals surface area contributed by atoms with E-state index >= 15 is 0 Å². The lowest BCUT2D eigenvalue weighted by Crippen LogP contribution is -2.58. The zero-order chi connectivity index (χ0) is 13.7. The van der Waals surface area contributed by atoms with E-state index in [1.165, 1.54) is 18.5 Å². The summed E-state index contributed by atoms with van der Waals surface area (Å²) in [4.78, 5) is 2.36. The SMILES string of the molecule is CCNC(CO)(CN(CC)c1ccccc1)C1CC1. The second-order valence-electron chi connectivity index (χ2n) is 5.47. The monoisotopic (exact) mass is 262 g/mol. The first kappa shape index (κ1) is 14.4. The summed E-state index contributed by atoms with van der Waals surface area (Å²) in [5.74, 6) is 0.621. The third-order valence-electron chi connectivity index (χ3n) is 4.15. The van der Waals surface area contributed by atoms with Crippen molar-refractivity contribution >= 4 is 5.69 Å². The lowest BCUT2D eigenvalue weighted by atomic mass is 9.92. The molecular formula is C16H26N2O. The van der Waals surface area contributed by atoms with Crippen molar-refractivity contribution in [3.05, 3.63) is 30.3 Å². The molecule has 2 N–H and O–H groups in total. The molecule has 1 aromatic carbocycles. The number of anilines is 1. The van der Waals surface area contributed by atoms with Crippen molar-refractivity contribution in [1.29, 1.82) is 0 Å². The van der Waals surface area contributed by atoms with E-state index in [1.807, 2.05) is 6.07 Å². The summed E-state index contributed by atoms with van der Waals surface area (Å²) in [6, 6.07) is 10.5. The van der Waals surface area contributed by atoms with Crippen LogP contribution in [0.4, 0.5) is 5.69 Å². The van der Waals surface area contributed by atoms with Gasteiger partial charge in [-0.1, -0.05) is 25.1 Å². The van der Waals surface area contributed by atoms with E-state index in [4.69, 9.17) is 0 Å². The fraction of sp³-hybridized carbons (Fsp3) is 0.625. The maximum absolute atomic E-state index is 9.92. The molecule has 1 saturated carbocycles. The number of hydrogen-bond acceptors (Lipinski definition) is 3. The number of nitrogens with zero attached hydrogens (tertiary/aromatic N) is 1. The molecule has 1 aliphatic carbocycles. The number of para-hydroxylation sites is 1. The van der Waals surface area contributed by atoms with Crippen LogP contribution >= 0.6 is 0 Å². The van der Waals surface area contributed by atoms with Crippen molar-refractivity contribution in [2.45, 2.75) is 32.2 Å². The van der Waals surface area contributed by atoms with Crippen molar-refractivity contribution < 1.29 is 5.11 Å². The molecule has 1 fully saturated rings. The van der Waals surface area contributed by atoms with Gasteiger partial charge in [-0.2, -0.15) is 0 Å². The Morgan fingerprint density at radius 2 is 1.95 bits per heavy atom. The molecular weight excluding hydrogens is 236 g/mol. The van der Waals surface area contributed by atoms with Gasteiger partial charge in [0.15, 0.2) is 0 Å². The Bertz CT molecular complexity index is 378. The van der Waals surface area contributed by atoms with Crippen molar-refractivity contribution in [2.75, 3.05) is 31.1 Å². The van der Waals surface area contributed by atoms with Gasteiger partial charge in [-0.05, 0) is 44.4 Å². The third-order valence-corrected chi connectivity index (χ3v) is 4.15. The number of hydrogen-bond donors (Lipinski definition) is 2. The second kappa shape index (κ2) is 6.40. The average molecular weight is 262 g/mol. The highest BCUT2D eigenvalue weighted by Crippen LogP contribution is 2.40. The van der Waals surface area contributed by atoms with Crippen LogP contribution in [0.2, 0.25) is 0 Å². The topological polar surface area (TPSA) is 35.5 Å². The highest BCUT2D eigenvalue weighted by molar-refractivity contribution is 5.46. The van der Waals surface area contributed by atoms with E-state index in [0.717, 1.165) is 19.6 Å². The summed E-state index contributed by atoms with van der Waals surface area (Å²) >= 11 is 0. The zero-order valence-electron chi connectivity index (χ0n) is 12.1. The fourth-order valence-electron chi connectivity index (χ4n) is 2.92. The summed E-state index contributed by atoms with van der Waals surface area (Å²) in [7, 11) is 0. The van der Waals surface area contributed by atoms with Crippen molar-refractivity contribution in [3.63, 3.8) is 0 Å². The molecule has 3 nitrogen and oxygen atoms in total. The Labute approximate surface area is 116 Å². The zero-order valence-corrected chi connectivity index (χ0v) is 12.1. The van der Waals surface area contributed by atoms with Gasteiger partial charge in [-0.15, -0.1) is 0 Å². The first-order chi connectivity index (χ1) is 9.25. The minimum absolute atomic E-state index is 0.138. The number of aliphatic hydroxyl groups excluding tert-OH is 1. The van der Waals surface area contributed by atoms with Crippen molar-refractivity contribution in [3.8, 4) is 0 Å². The second-order valence-corrected chi connectivity index (χ2v) is 5.47. The van der Waals surface area contributed by atoms with Crippen molar-refractivity contribution in [2.24, 2.45) is 5.92 Å². The minimum atomic E-state index is -0.138. The highest BCUT2D eigenvalue weighted by Gasteiger charge is 2.45. The van der Waals surface area contributed by atoms with Gasteiger partial charge >= 0.3 is 0 Å². The standard InChI is InChI=1S/C16H26N2O/c1-3-17-16(13-19,14-10-11-14)12-18(4-2)15-8-6-5-7-9-15/h5-9,14,17,19H,3-4,10-13H2,1-2H3. The van der Waals surface area contributed by atoms with Crippen LogP contribution in [0.3, 0.4) is 0 Å². The molecule has 0 radical (unpaired) electrons. The molecule has 106 valence electrons. The number of nitrogens with one attached hydrogen (secondary N) is 1. The molecule has 0 aromatic heterocycles. The Morgan fingerprint density at radius 1 is 1.26 bits per heavy atom. The molecule has 1 aromatic rings. The first-order valence-electron chi connectivity index (χ1n) is 7.41. The van der Waals surface area contributed by atoms with Gasteiger partial charge in [0.1, 0.15) is 0 Å². The van der Waals surface area contributed by atoms with E-state index in [9.17, 15) is 5.11 Å². The molecule has 1 aliphatic rings. The molecule has 19 heavy (non-hydrogen) atoms. The normalized spacial score (nSPS) is 18.1. The lowest BCUT2D eigenvalue weighted by Gasteiger charge is -2.39. The summed E-state index contributed by atoms with van der Waals surface area (Å²) in [6.45, 7) is 7.25. The van der Waals surface area contributed by atoms with Gasteiger partial charge in [-0.3, -0.25) is 0 Å². The van der Waals surface area contributed by atoms with Crippen LogP contribution in [0.15, 0.2) is 30.3 Å². The molecule has 0 saturated heterocycles. The van der Waals surface area contributed by atoms with E-state index < -0.39 is 0 Å². The molecule has 3 heteroatoms. The van der Waals surface area contributed by atoms with Gasteiger partial charge in [0.05, 0.1) is 12.1 Å². The van der Waals surface area contributed by atoms with Gasteiger partial charge in [0.25, 0.3) is 0 Å². The van der Waals surface area contributed by atoms with Crippen LogP contribution in [0.1, 0.15) is 26.7 Å². The lowest BCUT2D eigenvalue weighted by molar-refractivity contribution is 0.146. The Balaban J connectivity index is 2.14. The highest BCUT2D eigenvalue weighted by atomic mass is 16.3. The number of aliphatic hydroxyl groups is 1. The van der Waals surface area contributed by atoms with Crippen LogP contribution in [0.25, 0.3) is 0 Å². The summed E-state index contributed by atoms with van der Waals surface area (Å²) in [5.41, 5.74) is 1.10. The maximum Gasteiger partial charge on any atom is 0.0633 e. The van der Waals surface area contributed by atoms with Crippen LogP contribution < -0.4 is 10.2 Å². The predicted molar refractivity (Wildman–Crippen MR) is 80.5 cm³/mol. The smallest absolute Gasteiger partial charge is 0.0633 e. The maximum atomic E-state index is 9.92. The molecule has 2 rings (SSSR count). The minimum Gasteiger partial charge on any atom is -0.394 e. The fourth-order valence-corrected chi connectivity index (χ4v) is 2.92. The number of likely N-dealkylation sites (N-methyl/N-ethyl adjacent to an activating group) is 2. The summed E-state index contributed by atoms with van der Waals surface area (Å²) in [6.07, 6.45) is 2.47. The molecule has 0 spiro atoms. The first-order valence-corrected chi connectivity index (χ1v) is 7.41. The third kappa shape index (κ3) is 3.28. The summed E-state index contributed by atoms with van der Waals surface area (Å²) < 4.78 is 0. The number of benzene rings is 1. The molecule has 0 aliphatic heterocycles. The molecule has 0 amide bonds. The van der Waals surface area contributed by atoms with Gasteiger partial charge < -0.3 is 15.3 Å². The van der Waals surface area contributed by atoms with Gasteiger partial charge in [0, 0.05) is 18.8 Å². The summed E-state index contributed by atoms with van der Waals surface area (Å²) in [5, 5.41) is 13.5. The molecule has 1 unspecified atom stereocenters. The van der Waals surface area contributed by atoms with E-state index in [1.54, 1.807) is 0 Å². The predicted octanol–water partition coefficient (Wildman–Crippen LogP) is 2.26. The van der Waals surface area contributed by atoms with Crippen LogP contribution in [0.5, 0.6) is 0 Å². The Hall–Kier alpha value is -1.06. The van der Waals surface area contributed by atoms with Gasteiger partial charge in [0.2, 0.25) is 0 Å². The molecule has 0 bridgehead atoms. The van der Waals surface area contributed by atoms with Crippen LogP contribution in [-0.2, 0) is 0 Å². The Morgan fingerprint density at radius 3 is 2.42 bits per heavy atom.